The molecule has 1 heterocycles. The predicted molar refractivity (Wildman–Crippen MR) is 101 cm³/mol. The molecule has 0 saturated heterocycles. The minimum Gasteiger partial charge on any atom is -0.331 e. The molecule has 0 radical (unpaired) electrons. The van der Waals surface area contributed by atoms with Crippen LogP contribution in [0.1, 0.15) is 26.5 Å². The van der Waals surface area contributed by atoms with Gasteiger partial charge in [0, 0.05) is 36.9 Å². The molecule has 1 amide bonds. The van der Waals surface area contributed by atoms with Crippen molar-refractivity contribution in [2.45, 2.75) is 4.90 Å². The molecular weight excluding hydrogens is 366 g/mol. The molecule has 0 aliphatic rings. The van der Waals surface area contributed by atoms with E-state index in [-0.39, 0.29) is 16.2 Å². The molecule has 2 aromatic carbocycles. The summed E-state index contributed by atoms with van der Waals surface area (Å²) in [6.45, 7) is 0. The van der Waals surface area contributed by atoms with Crippen LogP contribution in [-0.2, 0) is 16.9 Å². The van der Waals surface area contributed by atoms with E-state index < -0.39 is 15.7 Å². The second-order valence-electron chi connectivity index (χ2n) is 5.99. The third kappa shape index (κ3) is 3.95. The van der Waals surface area contributed by atoms with Crippen molar-refractivity contribution in [1.82, 2.24) is 9.55 Å². The zero-order valence-electron chi connectivity index (χ0n) is 14.7. The Morgan fingerprint density at radius 2 is 1.70 bits per heavy atom. The van der Waals surface area contributed by atoms with Crippen LogP contribution in [0.25, 0.3) is 0 Å². The Bertz CT molecular complexity index is 1120. The van der Waals surface area contributed by atoms with Gasteiger partial charge in [0.15, 0.2) is 15.7 Å². The van der Waals surface area contributed by atoms with E-state index in [1.54, 1.807) is 60.4 Å². The normalized spacial score (nSPS) is 11.2. The highest BCUT2D eigenvalue weighted by Gasteiger charge is 2.18. The lowest BCUT2D eigenvalue weighted by Crippen LogP contribution is -2.16. The Balaban J connectivity index is 1.81. The van der Waals surface area contributed by atoms with Gasteiger partial charge in [-0.1, -0.05) is 12.1 Å². The molecule has 3 aromatic rings. The summed E-state index contributed by atoms with van der Waals surface area (Å²) in [4.78, 5) is 28.9. The summed E-state index contributed by atoms with van der Waals surface area (Å²) in [5, 5.41) is 2.65. The number of hydrogen-bond donors (Lipinski definition) is 1. The number of aromatic nitrogens is 2. The zero-order chi connectivity index (χ0) is 19.6. The average molecular weight is 383 g/mol. The van der Waals surface area contributed by atoms with Crippen LogP contribution in [0.4, 0.5) is 5.69 Å². The van der Waals surface area contributed by atoms with E-state index in [0.717, 1.165) is 6.26 Å². The number of anilines is 1. The number of amides is 1. The molecule has 3 rings (SSSR count). The minimum absolute atomic E-state index is 0.0379. The van der Waals surface area contributed by atoms with Crippen molar-refractivity contribution in [3.05, 3.63) is 77.9 Å². The summed E-state index contributed by atoms with van der Waals surface area (Å²) < 4.78 is 25.3. The van der Waals surface area contributed by atoms with E-state index in [2.05, 4.69) is 10.3 Å². The van der Waals surface area contributed by atoms with Crippen molar-refractivity contribution >= 4 is 27.2 Å². The van der Waals surface area contributed by atoms with E-state index >= 15 is 0 Å². The van der Waals surface area contributed by atoms with Crippen LogP contribution < -0.4 is 5.32 Å². The molecule has 1 N–H and O–H groups in total. The number of carbonyl (C=O) groups excluding carboxylic acids is 2. The SMILES string of the molecule is Cn1ccnc1C(=O)c1ccc(NC(=O)c2ccccc2S(C)(=O)=O)cc1. The number of nitrogens with zero attached hydrogens (tertiary/aromatic N) is 2. The first kappa shape index (κ1) is 18.5. The first-order chi connectivity index (χ1) is 12.8. The molecule has 1 aromatic heterocycles. The Morgan fingerprint density at radius 3 is 2.30 bits per heavy atom. The van der Waals surface area contributed by atoms with Gasteiger partial charge < -0.3 is 9.88 Å². The summed E-state index contributed by atoms with van der Waals surface area (Å²) in [6.07, 6.45) is 4.28. The second-order valence-corrected chi connectivity index (χ2v) is 7.97. The maximum absolute atomic E-state index is 12.5. The van der Waals surface area contributed by atoms with E-state index in [4.69, 9.17) is 0 Å². The second kappa shape index (κ2) is 7.16. The number of aryl methyl sites for hydroxylation is 1. The first-order valence-electron chi connectivity index (χ1n) is 8.00. The number of imidazole rings is 1. The van der Waals surface area contributed by atoms with Gasteiger partial charge in [0.2, 0.25) is 5.78 Å². The van der Waals surface area contributed by atoms with Crippen molar-refractivity contribution in [2.75, 3.05) is 11.6 Å². The maximum atomic E-state index is 12.5. The van der Waals surface area contributed by atoms with Crippen LogP contribution in [0.3, 0.4) is 0 Å². The maximum Gasteiger partial charge on any atom is 0.256 e. The molecule has 7 nitrogen and oxygen atoms in total. The Morgan fingerprint density at radius 1 is 1.04 bits per heavy atom. The molecule has 0 aliphatic heterocycles. The standard InChI is InChI=1S/C19H17N3O4S/c1-22-12-11-20-18(22)17(23)13-7-9-14(10-8-13)21-19(24)15-5-3-4-6-16(15)27(2,25)26/h3-12H,1-2H3,(H,21,24). The predicted octanol–water partition coefficient (Wildman–Crippen LogP) is 2.31. The lowest BCUT2D eigenvalue weighted by Gasteiger charge is -2.09. The number of rotatable bonds is 5. The summed E-state index contributed by atoms with van der Waals surface area (Å²) in [5.74, 6) is -0.462. The van der Waals surface area contributed by atoms with Crippen LogP contribution >= 0.6 is 0 Å². The lowest BCUT2D eigenvalue weighted by atomic mass is 10.1. The molecule has 0 unspecified atom stereocenters. The number of sulfone groups is 1. The number of nitrogens with one attached hydrogen (secondary N) is 1. The van der Waals surface area contributed by atoms with Gasteiger partial charge in [-0.15, -0.1) is 0 Å². The van der Waals surface area contributed by atoms with Gasteiger partial charge in [-0.25, -0.2) is 13.4 Å². The van der Waals surface area contributed by atoms with Gasteiger partial charge in [0.1, 0.15) is 0 Å². The largest absolute Gasteiger partial charge is 0.331 e. The summed E-state index contributed by atoms with van der Waals surface area (Å²) in [5.41, 5.74) is 0.937. The number of hydrogen-bond acceptors (Lipinski definition) is 5. The molecule has 0 atom stereocenters. The highest BCUT2D eigenvalue weighted by Crippen LogP contribution is 2.18. The monoisotopic (exact) mass is 383 g/mol. The van der Waals surface area contributed by atoms with Crippen LogP contribution in [0, 0.1) is 0 Å². The minimum atomic E-state index is -3.53. The van der Waals surface area contributed by atoms with Crippen molar-refractivity contribution in [3.8, 4) is 0 Å². The van der Waals surface area contributed by atoms with Crippen molar-refractivity contribution in [2.24, 2.45) is 7.05 Å². The Labute approximate surface area is 156 Å². The molecule has 8 heteroatoms. The van der Waals surface area contributed by atoms with Crippen molar-refractivity contribution in [3.63, 3.8) is 0 Å². The third-order valence-electron chi connectivity index (χ3n) is 3.96. The van der Waals surface area contributed by atoms with Gasteiger partial charge in [0.25, 0.3) is 5.91 Å². The number of benzene rings is 2. The smallest absolute Gasteiger partial charge is 0.256 e. The quantitative estimate of drug-likeness (QED) is 0.682. The Kier molecular flexibility index (Phi) is 4.91. The summed E-state index contributed by atoms with van der Waals surface area (Å²) in [6, 6.07) is 12.3. The van der Waals surface area contributed by atoms with Gasteiger partial charge in [0.05, 0.1) is 10.5 Å². The first-order valence-corrected chi connectivity index (χ1v) is 9.89. The number of ketones is 1. The number of carbonyl (C=O) groups is 2. The highest BCUT2D eigenvalue weighted by molar-refractivity contribution is 7.90. The summed E-state index contributed by atoms with van der Waals surface area (Å²) in [7, 11) is -1.80. The lowest BCUT2D eigenvalue weighted by molar-refractivity contribution is 0.101. The fourth-order valence-corrected chi connectivity index (χ4v) is 3.48. The third-order valence-corrected chi connectivity index (χ3v) is 5.12. The van der Waals surface area contributed by atoms with Crippen LogP contribution in [0.15, 0.2) is 65.8 Å². The molecule has 0 fully saturated rings. The highest BCUT2D eigenvalue weighted by atomic mass is 32.2. The fourth-order valence-electron chi connectivity index (χ4n) is 2.59. The van der Waals surface area contributed by atoms with Gasteiger partial charge in [-0.3, -0.25) is 9.59 Å². The van der Waals surface area contributed by atoms with E-state index in [9.17, 15) is 18.0 Å². The average Bonchev–Trinajstić information content (AvgIpc) is 3.07. The van der Waals surface area contributed by atoms with E-state index in [1.165, 1.54) is 12.1 Å². The molecular formula is C19H17N3O4S. The molecule has 0 bridgehead atoms. The van der Waals surface area contributed by atoms with E-state index in [0.29, 0.717) is 17.1 Å². The van der Waals surface area contributed by atoms with E-state index in [1.807, 2.05) is 0 Å². The van der Waals surface area contributed by atoms with Crippen LogP contribution in [0.2, 0.25) is 0 Å². The van der Waals surface area contributed by atoms with Crippen LogP contribution in [0.5, 0.6) is 0 Å². The van der Waals surface area contributed by atoms with Gasteiger partial charge in [-0.2, -0.15) is 0 Å². The molecule has 0 saturated carbocycles. The van der Waals surface area contributed by atoms with Gasteiger partial charge in [-0.05, 0) is 36.4 Å². The topological polar surface area (TPSA) is 98.1 Å². The molecule has 138 valence electrons. The summed E-state index contributed by atoms with van der Waals surface area (Å²) >= 11 is 0. The zero-order valence-corrected chi connectivity index (χ0v) is 15.5. The van der Waals surface area contributed by atoms with Crippen LogP contribution in [-0.4, -0.2) is 35.9 Å². The molecule has 0 spiro atoms. The van der Waals surface area contributed by atoms with Crippen molar-refractivity contribution in [1.29, 1.82) is 0 Å². The fraction of sp³-hybridized carbons (Fsp3) is 0.105. The van der Waals surface area contributed by atoms with Crippen molar-refractivity contribution < 1.29 is 18.0 Å². The van der Waals surface area contributed by atoms with Gasteiger partial charge >= 0.3 is 0 Å². The Hall–Kier alpha value is -3.26. The molecule has 0 aliphatic carbocycles. The molecule has 27 heavy (non-hydrogen) atoms.